The number of nitrogens with one attached hydrogen (secondary N) is 1. The van der Waals surface area contributed by atoms with Gasteiger partial charge in [-0.25, -0.2) is 0 Å². The molecule has 1 N–H and O–H groups in total. The molecule has 36 heavy (non-hydrogen) atoms. The molecule has 0 heterocycles. The fourth-order valence-electron chi connectivity index (χ4n) is 4.75. The maximum Gasteiger partial charge on any atom is 0.275 e. The summed E-state index contributed by atoms with van der Waals surface area (Å²) in [5, 5.41) is 3.08. The molecular weight excluding hydrogens is 446 g/mol. The molecule has 0 saturated carbocycles. The standard InChI is InChI=1S/C31H66N3O2/c1-7-8-9-10-11-12-13-14-15-16-17-18-19-20-21-22-28-36-29-24-27-34(5,6)30-31(35)32-25-23-26-33(2,3)4/h7-30H2,1-6H3/q+1/p+1. The normalized spacial score (nSPS) is 12.3. The molecule has 0 aliphatic rings. The molecule has 5 heteroatoms. The molecule has 0 aliphatic heterocycles. The Morgan fingerprint density at radius 1 is 0.583 bits per heavy atom. The Balaban J connectivity index is 3.38. The van der Waals surface area contributed by atoms with Crippen LogP contribution >= 0.6 is 0 Å². The number of hydrogen-bond acceptors (Lipinski definition) is 2. The van der Waals surface area contributed by atoms with E-state index in [2.05, 4.69) is 47.5 Å². The first kappa shape index (κ1) is 35.4. The van der Waals surface area contributed by atoms with Crippen LogP contribution in [0, 0.1) is 0 Å². The second-order valence-electron chi connectivity index (χ2n) is 12.8. The fraction of sp³-hybridized carbons (Fsp3) is 0.968. The summed E-state index contributed by atoms with van der Waals surface area (Å²) in [5.74, 6) is 0.162. The summed E-state index contributed by atoms with van der Waals surface area (Å²) >= 11 is 0. The first-order valence-corrected chi connectivity index (χ1v) is 15.6. The van der Waals surface area contributed by atoms with E-state index in [1.807, 2.05) is 0 Å². The molecular formula is C31H67N3O2+2. The van der Waals surface area contributed by atoms with Gasteiger partial charge in [0.2, 0.25) is 0 Å². The average molecular weight is 514 g/mol. The molecule has 0 atom stereocenters. The van der Waals surface area contributed by atoms with Gasteiger partial charge in [-0.1, -0.05) is 103 Å². The Bertz CT molecular complexity index is 489. The third-order valence-electron chi connectivity index (χ3n) is 7.09. The third kappa shape index (κ3) is 27.9. The van der Waals surface area contributed by atoms with Crippen LogP contribution in [-0.2, 0) is 9.53 Å². The minimum absolute atomic E-state index is 0.162. The monoisotopic (exact) mass is 514 g/mol. The molecule has 0 radical (unpaired) electrons. The van der Waals surface area contributed by atoms with E-state index in [4.69, 9.17) is 4.74 Å². The summed E-state index contributed by atoms with van der Waals surface area (Å²) < 4.78 is 7.52. The van der Waals surface area contributed by atoms with Gasteiger partial charge in [0, 0.05) is 26.0 Å². The first-order valence-electron chi connectivity index (χ1n) is 15.6. The van der Waals surface area contributed by atoms with Crippen LogP contribution in [0.15, 0.2) is 0 Å². The molecule has 216 valence electrons. The molecule has 5 nitrogen and oxygen atoms in total. The molecule has 0 bridgehead atoms. The van der Waals surface area contributed by atoms with E-state index in [0.717, 1.165) is 54.7 Å². The number of carbonyl (C=O) groups is 1. The average Bonchev–Trinajstić information content (AvgIpc) is 2.79. The van der Waals surface area contributed by atoms with Gasteiger partial charge >= 0.3 is 0 Å². The van der Waals surface area contributed by atoms with E-state index in [1.165, 1.54) is 103 Å². The number of nitrogens with zero attached hydrogens (tertiary/aromatic N) is 2. The number of amides is 1. The summed E-state index contributed by atoms with van der Waals surface area (Å²) in [6, 6.07) is 0. The Labute approximate surface area is 226 Å². The van der Waals surface area contributed by atoms with Gasteiger partial charge in [-0.2, -0.15) is 0 Å². The number of rotatable bonds is 27. The van der Waals surface area contributed by atoms with Gasteiger partial charge in [0.15, 0.2) is 6.54 Å². The van der Waals surface area contributed by atoms with Gasteiger partial charge < -0.3 is 19.0 Å². The van der Waals surface area contributed by atoms with Crippen molar-refractivity contribution < 1.29 is 18.5 Å². The maximum atomic E-state index is 12.2. The summed E-state index contributed by atoms with van der Waals surface area (Å²) in [7, 11) is 10.8. The van der Waals surface area contributed by atoms with E-state index in [1.54, 1.807) is 0 Å². The largest absolute Gasteiger partial charge is 0.381 e. The van der Waals surface area contributed by atoms with Crippen molar-refractivity contribution >= 4 is 5.91 Å². The molecule has 1 amide bonds. The van der Waals surface area contributed by atoms with Crippen molar-refractivity contribution in [2.45, 2.75) is 122 Å². The minimum Gasteiger partial charge on any atom is -0.381 e. The highest BCUT2D eigenvalue weighted by Gasteiger charge is 2.19. The van der Waals surface area contributed by atoms with Crippen LogP contribution in [0.1, 0.15) is 122 Å². The van der Waals surface area contributed by atoms with E-state index >= 15 is 0 Å². The lowest BCUT2D eigenvalue weighted by Gasteiger charge is -2.29. The lowest BCUT2D eigenvalue weighted by atomic mass is 10.0. The Morgan fingerprint density at radius 2 is 1.03 bits per heavy atom. The predicted octanol–water partition coefficient (Wildman–Crippen LogP) is 6.94. The molecule has 0 aliphatic carbocycles. The number of quaternary nitrogens is 2. The summed E-state index contributed by atoms with van der Waals surface area (Å²) in [5.41, 5.74) is 0. The summed E-state index contributed by atoms with van der Waals surface area (Å²) in [6.07, 6.45) is 24.5. The number of carbonyl (C=O) groups excluding carboxylic acids is 1. The lowest BCUT2D eigenvalue weighted by molar-refractivity contribution is -0.882. The van der Waals surface area contributed by atoms with Gasteiger partial charge in [-0.15, -0.1) is 0 Å². The highest BCUT2D eigenvalue weighted by atomic mass is 16.5. The fourth-order valence-corrected chi connectivity index (χ4v) is 4.75. The number of ether oxygens (including phenoxy) is 1. The molecule has 0 saturated heterocycles. The molecule has 0 aromatic carbocycles. The maximum absolute atomic E-state index is 12.2. The molecule has 0 unspecified atom stereocenters. The third-order valence-corrected chi connectivity index (χ3v) is 7.09. The van der Waals surface area contributed by atoms with Gasteiger partial charge in [-0.3, -0.25) is 4.79 Å². The first-order chi connectivity index (χ1) is 17.2. The van der Waals surface area contributed by atoms with Gasteiger partial charge in [-0.05, 0) is 6.42 Å². The minimum atomic E-state index is 0.162. The number of unbranched alkanes of at least 4 members (excludes halogenated alkanes) is 15. The SMILES string of the molecule is CCCCCCCCCCCCCCCCCCOCCC[N+](C)(C)CC(=O)NCCC[N+](C)(C)C. The van der Waals surface area contributed by atoms with Gasteiger partial charge in [0.05, 0.1) is 54.9 Å². The highest BCUT2D eigenvalue weighted by molar-refractivity contribution is 5.76. The predicted molar refractivity (Wildman–Crippen MR) is 157 cm³/mol. The number of likely N-dealkylation sites (N-methyl/N-ethyl adjacent to an activating group) is 1. The van der Waals surface area contributed by atoms with E-state index in [0.29, 0.717) is 6.54 Å². The van der Waals surface area contributed by atoms with Crippen LogP contribution in [0.5, 0.6) is 0 Å². The number of hydrogen-bond donors (Lipinski definition) is 1. The van der Waals surface area contributed by atoms with Crippen LogP contribution in [0.25, 0.3) is 0 Å². The smallest absolute Gasteiger partial charge is 0.275 e. The zero-order valence-electron chi connectivity index (χ0n) is 25.7. The van der Waals surface area contributed by atoms with Crippen molar-refractivity contribution in [2.24, 2.45) is 0 Å². The lowest BCUT2D eigenvalue weighted by Crippen LogP contribution is -2.48. The summed E-state index contributed by atoms with van der Waals surface area (Å²) in [4.78, 5) is 12.2. The van der Waals surface area contributed by atoms with Crippen molar-refractivity contribution in [3.63, 3.8) is 0 Å². The van der Waals surface area contributed by atoms with Crippen LogP contribution in [0.2, 0.25) is 0 Å². The van der Waals surface area contributed by atoms with E-state index in [9.17, 15) is 4.79 Å². The molecule has 0 aromatic rings. The Morgan fingerprint density at radius 3 is 1.50 bits per heavy atom. The van der Waals surface area contributed by atoms with Gasteiger partial charge in [0.25, 0.3) is 5.91 Å². The molecule has 0 fully saturated rings. The second kappa shape index (κ2) is 23.5. The zero-order valence-corrected chi connectivity index (χ0v) is 25.7. The van der Waals surface area contributed by atoms with Crippen LogP contribution < -0.4 is 5.32 Å². The van der Waals surface area contributed by atoms with Crippen LogP contribution in [0.4, 0.5) is 0 Å². The van der Waals surface area contributed by atoms with Crippen LogP contribution in [0.3, 0.4) is 0 Å². The van der Waals surface area contributed by atoms with Crippen molar-refractivity contribution in [1.29, 1.82) is 0 Å². The van der Waals surface area contributed by atoms with Gasteiger partial charge in [0.1, 0.15) is 0 Å². The Kier molecular flexibility index (Phi) is 23.0. The topological polar surface area (TPSA) is 38.3 Å². The molecule has 0 rings (SSSR count). The molecule has 0 aromatic heterocycles. The van der Waals surface area contributed by atoms with Crippen LogP contribution in [-0.4, -0.2) is 89.5 Å². The highest BCUT2D eigenvalue weighted by Crippen LogP contribution is 2.13. The molecule has 0 spiro atoms. The Hall–Kier alpha value is -0.650. The summed E-state index contributed by atoms with van der Waals surface area (Å²) in [6.45, 7) is 7.37. The van der Waals surface area contributed by atoms with Crippen molar-refractivity contribution in [2.75, 3.05) is 74.6 Å². The zero-order chi connectivity index (χ0) is 27.0. The van der Waals surface area contributed by atoms with E-state index in [-0.39, 0.29) is 5.91 Å². The van der Waals surface area contributed by atoms with Crippen molar-refractivity contribution in [3.05, 3.63) is 0 Å². The quantitative estimate of drug-likeness (QED) is 0.0954. The van der Waals surface area contributed by atoms with Crippen molar-refractivity contribution in [3.8, 4) is 0 Å². The second-order valence-corrected chi connectivity index (χ2v) is 12.8. The van der Waals surface area contributed by atoms with Crippen molar-refractivity contribution in [1.82, 2.24) is 5.32 Å². The van der Waals surface area contributed by atoms with E-state index < -0.39 is 0 Å².